The Balaban J connectivity index is 1.36. The number of carbonyl (C=O) groups excluding carboxylic acids is 2. The van der Waals surface area contributed by atoms with Crippen molar-refractivity contribution < 1.29 is 14.3 Å². The Morgan fingerprint density at radius 2 is 2.08 bits per heavy atom. The highest BCUT2D eigenvalue weighted by Gasteiger charge is 2.35. The molecule has 2 aromatic heterocycles. The molecule has 1 fully saturated rings. The number of thioether (sulfide) groups is 1. The first-order chi connectivity index (χ1) is 17.4. The molecule has 0 radical (unpaired) electrons. The molecule has 1 aliphatic heterocycles. The molecule has 2 unspecified atom stereocenters. The molecule has 0 aliphatic carbocycles. The van der Waals surface area contributed by atoms with Crippen LogP contribution in [0.4, 0.5) is 0 Å². The number of ether oxygens (including phenoxy) is 1. The number of nitrogens with one attached hydrogen (secondary N) is 2. The molecule has 2 N–H and O–H groups in total. The van der Waals surface area contributed by atoms with Crippen molar-refractivity contribution >= 4 is 40.5 Å². The van der Waals surface area contributed by atoms with E-state index in [1.165, 1.54) is 11.8 Å². The van der Waals surface area contributed by atoms with Crippen LogP contribution in [-0.2, 0) is 18.4 Å². The van der Waals surface area contributed by atoms with Gasteiger partial charge in [0.05, 0.1) is 28.0 Å². The predicted octanol–water partition coefficient (Wildman–Crippen LogP) is 2.51. The Morgan fingerprint density at radius 3 is 2.75 bits per heavy atom. The summed E-state index contributed by atoms with van der Waals surface area (Å²) in [5.41, 5.74) is 4.69. The molecule has 12 heteroatoms. The average molecular weight is 528 g/mol. The topological polar surface area (TPSA) is 114 Å². The average Bonchev–Trinajstić information content (AvgIpc) is 3.57. The van der Waals surface area contributed by atoms with Crippen molar-refractivity contribution in [2.75, 3.05) is 26.4 Å². The van der Waals surface area contributed by atoms with Crippen LogP contribution in [0.3, 0.4) is 0 Å². The monoisotopic (exact) mass is 527 g/mol. The summed E-state index contributed by atoms with van der Waals surface area (Å²) >= 11 is 3.03. The first-order valence-electron chi connectivity index (χ1n) is 11.4. The summed E-state index contributed by atoms with van der Waals surface area (Å²) in [6.45, 7) is 3.80. The highest BCUT2D eigenvalue weighted by Crippen LogP contribution is 2.28. The molecule has 10 nitrogen and oxygen atoms in total. The van der Waals surface area contributed by atoms with Gasteiger partial charge in [0.1, 0.15) is 23.1 Å². The van der Waals surface area contributed by atoms with Crippen molar-refractivity contribution in [2.24, 2.45) is 18.1 Å². The normalized spacial score (nSPS) is 18.3. The van der Waals surface area contributed by atoms with E-state index in [0.29, 0.717) is 30.9 Å². The van der Waals surface area contributed by atoms with Gasteiger partial charge in [0.15, 0.2) is 0 Å². The smallest absolute Gasteiger partial charge is 0.251 e. The maximum absolute atomic E-state index is 12.9. The number of benzene rings is 1. The number of hydrazone groups is 1. The zero-order valence-corrected chi connectivity index (χ0v) is 22.2. The van der Waals surface area contributed by atoms with Gasteiger partial charge >= 0.3 is 0 Å². The van der Waals surface area contributed by atoms with Crippen LogP contribution in [0.25, 0.3) is 10.7 Å². The lowest BCUT2D eigenvalue weighted by atomic mass is 10.0. The number of nitrogens with zero attached hydrogens (tertiary/aromatic N) is 5. The predicted molar refractivity (Wildman–Crippen MR) is 142 cm³/mol. The van der Waals surface area contributed by atoms with E-state index >= 15 is 0 Å². The fraction of sp³-hybridized carbons (Fsp3) is 0.375. The van der Waals surface area contributed by atoms with Crippen LogP contribution in [0.5, 0.6) is 5.75 Å². The van der Waals surface area contributed by atoms with Gasteiger partial charge in [0.25, 0.3) is 5.91 Å². The van der Waals surface area contributed by atoms with Crippen molar-refractivity contribution in [1.29, 1.82) is 0 Å². The first-order valence-corrected chi connectivity index (χ1v) is 13.4. The van der Waals surface area contributed by atoms with Gasteiger partial charge in [0, 0.05) is 37.8 Å². The molecule has 4 rings (SSSR count). The van der Waals surface area contributed by atoms with E-state index in [1.807, 2.05) is 38.0 Å². The second-order valence-corrected chi connectivity index (χ2v) is 10.5. The van der Waals surface area contributed by atoms with E-state index in [4.69, 9.17) is 4.74 Å². The van der Waals surface area contributed by atoms with Crippen LogP contribution in [0.15, 0.2) is 41.9 Å². The Morgan fingerprint density at radius 1 is 1.31 bits per heavy atom. The van der Waals surface area contributed by atoms with E-state index in [-0.39, 0.29) is 17.9 Å². The number of hydrogen-bond donors (Lipinski definition) is 2. The minimum Gasteiger partial charge on any atom is -0.488 e. The lowest BCUT2D eigenvalue weighted by Crippen LogP contribution is -2.42. The van der Waals surface area contributed by atoms with Crippen molar-refractivity contribution in [3.05, 3.63) is 52.9 Å². The van der Waals surface area contributed by atoms with Gasteiger partial charge in [-0.05, 0) is 44.5 Å². The summed E-state index contributed by atoms with van der Waals surface area (Å²) < 4.78 is 7.86. The molecule has 0 saturated carbocycles. The van der Waals surface area contributed by atoms with Gasteiger partial charge in [-0.25, -0.2) is 15.4 Å². The van der Waals surface area contributed by atoms with Gasteiger partial charge in [-0.15, -0.1) is 23.1 Å². The minimum atomic E-state index is -0.158. The molecule has 1 aliphatic rings. The Bertz CT molecular complexity index is 1240. The molecule has 190 valence electrons. The molecule has 2 atom stereocenters. The van der Waals surface area contributed by atoms with Crippen LogP contribution >= 0.6 is 23.1 Å². The maximum atomic E-state index is 12.9. The van der Waals surface area contributed by atoms with Crippen molar-refractivity contribution in [2.45, 2.75) is 19.6 Å². The van der Waals surface area contributed by atoms with E-state index in [1.54, 1.807) is 41.9 Å². The number of rotatable bonds is 9. The number of carbonyl (C=O) groups is 2. The van der Waals surface area contributed by atoms with Gasteiger partial charge in [0.2, 0.25) is 6.41 Å². The molecule has 1 aromatic carbocycles. The summed E-state index contributed by atoms with van der Waals surface area (Å²) in [6.07, 6.45) is 6.15. The van der Waals surface area contributed by atoms with Gasteiger partial charge in [-0.1, -0.05) is 0 Å². The number of imidazole rings is 1. The summed E-state index contributed by atoms with van der Waals surface area (Å²) in [4.78, 5) is 35.8. The minimum absolute atomic E-state index is 0.00243. The Labute approximate surface area is 218 Å². The highest BCUT2D eigenvalue weighted by molar-refractivity contribution is 8.13. The third-order valence-corrected chi connectivity index (χ3v) is 7.84. The molecule has 2 amide bonds. The largest absolute Gasteiger partial charge is 0.488 e. The van der Waals surface area contributed by atoms with Gasteiger partial charge in [-0.3, -0.25) is 9.59 Å². The van der Waals surface area contributed by atoms with E-state index in [0.717, 1.165) is 32.9 Å². The van der Waals surface area contributed by atoms with E-state index in [9.17, 15) is 9.59 Å². The summed E-state index contributed by atoms with van der Waals surface area (Å²) in [5.74, 6) is 0.519. The zero-order chi connectivity index (χ0) is 25.7. The fourth-order valence-corrected chi connectivity index (χ4v) is 5.69. The molecule has 3 aromatic rings. The molecule has 1 saturated heterocycles. The van der Waals surface area contributed by atoms with Crippen LogP contribution < -0.4 is 15.5 Å². The number of aryl methyl sites for hydroxylation is 2. The summed E-state index contributed by atoms with van der Waals surface area (Å²) in [7, 11) is 3.93. The van der Waals surface area contributed by atoms with Gasteiger partial charge in [-0.2, -0.15) is 5.10 Å². The summed E-state index contributed by atoms with van der Waals surface area (Å²) in [5, 5.41) is 8.92. The number of amides is 2. The molecule has 0 bridgehead atoms. The number of likely N-dealkylation sites (tertiary alicyclic amines) is 1. The number of likely N-dealkylation sites (N-methyl/N-ethyl adjacent to an activating group) is 1. The molecule has 3 heterocycles. The van der Waals surface area contributed by atoms with Crippen LogP contribution in [0, 0.1) is 12.8 Å². The third-order valence-electron chi connectivity index (χ3n) is 5.88. The lowest BCUT2D eigenvalue weighted by Gasteiger charge is -2.20. The standard InChI is InChI=1S/C24H29N7O3S2/c1-15-21(36-24(27-15)20-11-31(3)13-25-20)12-34-17-7-5-16(6-8-17)22(33)28-19-10-30(2)9-18(19)23(35-4)29-26-14-32/h5-8,11,13-14,18-19H,9-10,12H2,1-4H3,(H,26,32)(H,28,33)/b29-23-. The summed E-state index contributed by atoms with van der Waals surface area (Å²) in [6, 6.07) is 7.00. The van der Waals surface area contributed by atoms with Crippen molar-refractivity contribution in [1.82, 2.24) is 30.2 Å². The van der Waals surface area contributed by atoms with Crippen LogP contribution in [0.1, 0.15) is 20.9 Å². The highest BCUT2D eigenvalue weighted by atomic mass is 32.2. The Kier molecular flexibility index (Phi) is 8.39. The van der Waals surface area contributed by atoms with Crippen molar-refractivity contribution in [3.8, 4) is 16.5 Å². The molecular formula is C24H29N7O3S2. The van der Waals surface area contributed by atoms with Gasteiger partial charge < -0.3 is 19.5 Å². The van der Waals surface area contributed by atoms with E-state index < -0.39 is 0 Å². The van der Waals surface area contributed by atoms with Crippen LogP contribution in [-0.4, -0.2) is 69.2 Å². The number of thiazole rings is 1. The lowest BCUT2D eigenvalue weighted by molar-refractivity contribution is -0.109. The van der Waals surface area contributed by atoms with E-state index in [2.05, 4.69) is 30.7 Å². The van der Waals surface area contributed by atoms with Crippen LogP contribution in [0.2, 0.25) is 0 Å². The maximum Gasteiger partial charge on any atom is 0.251 e. The number of aromatic nitrogens is 3. The first kappa shape index (κ1) is 25.9. The zero-order valence-electron chi connectivity index (χ0n) is 20.6. The van der Waals surface area contributed by atoms with Crippen molar-refractivity contribution in [3.63, 3.8) is 0 Å². The second kappa shape index (κ2) is 11.7. The third kappa shape index (κ3) is 6.12. The second-order valence-electron chi connectivity index (χ2n) is 8.57. The molecule has 36 heavy (non-hydrogen) atoms. The Hall–Kier alpha value is -3.22. The molecular weight excluding hydrogens is 498 g/mol. The fourth-order valence-electron chi connectivity index (χ4n) is 4.06. The number of hydrogen-bond acceptors (Lipinski definition) is 9. The quantitative estimate of drug-likeness (QED) is 0.190. The SMILES string of the molecule is CS/C(=N\NC=O)C1CN(C)CC1NC(=O)c1ccc(OCc2sc(-c3cn(C)cn3)nc2C)cc1. The molecule has 0 spiro atoms.